The Hall–Kier alpha value is -1.46. The Morgan fingerprint density at radius 2 is 1.88 bits per heavy atom. The quantitative estimate of drug-likeness (QED) is 0.842. The molecule has 0 spiro atoms. The molecule has 0 radical (unpaired) electrons. The van der Waals surface area contributed by atoms with Crippen LogP contribution in [0.25, 0.3) is 0 Å². The first-order valence-electron chi connectivity index (χ1n) is 9.61. The van der Waals surface area contributed by atoms with Crippen LogP contribution in [0, 0.1) is 12.8 Å². The number of ether oxygens (including phenoxy) is 1. The van der Waals surface area contributed by atoms with Crippen LogP contribution in [0.2, 0.25) is 0 Å². The molecule has 1 aromatic heterocycles. The van der Waals surface area contributed by atoms with Crippen molar-refractivity contribution in [2.75, 3.05) is 45.9 Å². The minimum Gasteiger partial charge on any atom is -0.378 e. The van der Waals surface area contributed by atoms with Gasteiger partial charge in [0.1, 0.15) is 0 Å². The van der Waals surface area contributed by atoms with Crippen molar-refractivity contribution in [2.24, 2.45) is 5.92 Å². The fraction of sp³-hybridized carbons (Fsp3) is 0.700. The Labute approximate surface area is 151 Å². The smallest absolute Gasteiger partial charge is 0.255 e. The lowest BCUT2D eigenvalue weighted by Crippen LogP contribution is -2.41. The Morgan fingerprint density at radius 1 is 1.20 bits per heavy atom. The summed E-state index contributed by atoms with van der Waals surface area (Å²) in [5.41, 5.74) is 2.81. The molecule has 0 aromatic carbocycles. The molecule has 1 aromatic rings. The van der Waals surface area contributed by atoms with Crippen LogP contribution in [-0.2, 0) is 4.74 Å². The van der Waals surface area contributed by atoms with E-state index in [9.17, 15) is 4.79 Å². The molecule has 0 saturated carbocycles. The second-order valence-corrected chi connectivity index (χ2v) is 7.76. The van der Waals surface area contributed by atoms with Crippen LogP contribution in [0.5, 0.6) is 0 Å². The fourth-order valence-corrected chi connectivity index (χ4v) is 3.91. The van der Waals surface area contributed by atoms with Gasteiger partial charge in [0.25, 0.3) is 5.91 Å². The van der Waals surface area contributed by atoms with Gasteiger partial charge in [-0.25, -0.2) is 0 Å². The number of carbonyl (C=O) groups is 1. The van der Waals surface area contributed by atoms with Crippen molar-refractivity contribution in [1.82, 2.24) is 14.8 Å². The molecule has 138 valence electrons. The highest BCUT2D eigenvalue weighted by Crippen LogP contribution is 2.30. The maximum Gasteiger partial charge on any atom is 0.255 e. The zero-order valence-corrected chi connectivity index (χ0v) is 15.8. The largest absolute Gasteiger partial charge is 0.378 e. The van der Waals surface area contributed by atoms with E-state index >= 15 is 0 Å². The van der Waals surface area contributed by atoms with Gasteiger partial charge in [-0.05, 0) is 50.9 Å². The minimum atomic E-state index is 0.121. The number of hydrogen-bond donors (Lipinski definition) is 0. The summed E-state index contributed by atoms with van der Waals surface area (Å²) in [6.45, 7) is 12.5. The van der Waals surface area contributed by atoms with Crippen LogP contribution in [0.1, 0.15) is 54.4 Å². The molecule has 2 saturated heterocycles. The monoisotopic (exact) mass is 345 g/mol. The lowest BCUT2D eigenvalue weighted by Gasteiger charge is -2.34. The van der Waals surface area contributed by atoms with Gasteiger partial charge in [0.15, 0.2) is 0 Å². The van der Waals surface area contributed by atoms with Crippen molar-refractivity contribution in [2.45, 2.75) is 39.5 Å². The topological polar surface area (TPSA) is 45.7 Å². The van der Waals surface area contributed by atoms with E-state index in [2.05, 4.69) is 18.7 Å². The van der Waals surface area contributed by atoms with Crippen LogP contribution in [0.4, 0.5) is 0 Å². The Bertz CT molecular complexity index is 589. The Kier molecular flexibility index (Phi) is 6.07. The highest BCUT2D eigenvalue weighted by molar-refractivity contribution is 5.95. The number of piperidine rings is 1. The van der Waals surface area contributed by atoms with E-state index in [1.807, 2.05) is 24.0 Å². The molecule has 0 N–H and O–H groups in total. The molecule has 0 bridgehead atoms. The molecular weight excluding hydrogens is 314 g/mol. The molecule has 0 aliphatic carbocycles. The predicted octanol–water partition coefficient (Wildman–Crippen LogP) is 2.70. The maximum atomic E-state index is 13.0. The lowest BCUT2D eigenvalue weighted by atomic mass is 9.89. The highest BCUT2D eigenvalue weighted by Gasteiger charge is 2.28. The van der Waals surface area contributed by atoms with Crippen molar-refractivity contribution in [3.05, 3.63) is 29.1 Å². The molecule has 1 amide bonds. The predicted molar refractivity (Wildman–Crippen MR) is 98.9 cm³/mol. The van der Waals surface area contributed by atoms with Crippen LogP contribution in [-0.4, -0.2) is 66.6 Å². The summed E-state index contributed by atoms with van der Waals surface area (Å²) in [5.74, 6) is 1.21. The van der Waals surface area contributed by atoms with Gasteiger partial charge in [0.05, 0.1) is 24.5 Å². The van der Waals surface area contributed by atoms with E-state index in [0.29, 0.717) is 38.1 Å². The van der Waals surface area contributed by atoms with Crippen molar-refractivity contribution in [3.63, 3.8) is 0 Å². The zero-order valence-electron chi connectivity index (χ0n) is 15.8. The number of amides is 1. The molecule has 5 nitrogen and oxygen atoms in total. The number of carbonyl (C=O) groups excluding carboxylic acids is 1. The number of aromatic nitrogens is 1. The van der Waals surface area contributed by atoms with Crippen LogP contribution < -0.4 is 0 Å². The van der Waals surface area contributed by atoms with E-state index in [4.69, 9.17) is 9.72 Å². The summed E-state index contributed by atoms with van der Waals surface area (Å²) >= 11 is 0. The van der Waals surface area contributed by atoms with E-state index in [1.54, 1.807) is 0 Å². The molecule has 0 unspecified atom stereocenters. The van der Waals surface area contributed by atoms with Crippen molar-refractivity contribution in [3.8, 4) is 0 Å². The summed E-state index contributed by atoms with van der Waals surface area (Å²) in [7, 11) is 0. The number of aryl methyl sites for hydroxylation is 1. The Balaban J connectivity index is 1.74. The van der Waals surface area contributed by atoms with Crippen LogP contribution >= 0.6 is 0 Å². The van der Waals surface area contributed by atoms with Gasteiger partial charge >= 0.3 is 0 Å². The number of nitrogens with zero attached hydrogens (tertiary/aromatic N) is 3. The summed E-state index contributed by atoms with van der Waals surface area (Å²) in [6.07, 6.45) is 2.18. The fourth-order valence-electron chi connectivity index (χ4n) is 3.91. The molecule has 3 rings (SSSR count). The number of pyridine rings is 1. The second-order valence-electron chi connectivity index (χ2n) is 7.76. The normalized spacial score (nSPS) is 20.2. The van der Waals surface area contributed by atoms with E-state index < -0.39 is 0 Å². The zero-order chi connectivity index (χ0) is 17.8. The minimum absolute atomic E-state index is 0.121. The second kappa shape index (κ2) is 8.28. The average Bonchev–Trinajstić information content (AvgIpc) is 2.62. The molecule has 5 heteroatoms. The third-order valence-corrected chi connectivity index (χ3v) is 5.19. The molecule has 25 heavy (non-hydrogen) atoms. The maximum absolute atomic E-state index is 13.0. The van der Waals surface area contributed by atoms with Gasteiger partial charge in [-0.15, -0.1) is 0 Å². The summed E-state index contributed by atoms with van der Waals surface area (Å²) in [5, 5.41) is 0. The summed E-state index contributed by atoms with van der Waals surface area (Å²) < 4.78 is 5.38. The number of morpholine rings is 1. The lowest BCUT2D eigenvalue weighted by molar-refractivity contribution is 0.0301. The SMILES string of the molecule is Cc1ccc(C(=O)N2CCOCC2)c(C2CCN(CC(C)C)CC2)n1. The molecule has 2 fully saturated rings. The molecule has 3 heterocycles. The average molecular weight is 345 g/mol. The third-order valence-electron chi connectivity index (χ3n) is 5.19. The molecule has 2 aliphatic rings. The summed E-state index contributed by atoms with van der Waals surface area (Å²) in [4.78, 5) is 22.3. The van der Waals surface area contributed by atoms with Crippen molar-refractivity contribution < 1.29 is 9.53 Å². The first-order valence-corrected chi connectivity index (χ1v) is 9.61. The summed E-state index contributed by atoms with van der Waals surface area (Å²) in [6, 6.07) is 3.95. The number of hydrogen-bond acceptors (Lipinski definition) is 4. The van der Waals surface area contributed by atoms with Gasteiger partial charge in [-0.1, -0.05) is 13.8 Å². The standard InChI is InChI=1S/C20H31N3O2/c1-15(2)14-22-8-6-17(7-9-22)19-18(5-4-16(3)21-19)20(24)23-10-12-25-13-11-23/h4-5,15,17H,6-14H2,1-3H3. The van der Waals surface area contributed by atoms with Crippen molar-refractivity contribution >= 4 is 5.91 Å². The first kappa shape index (κ1) is 18.3. The molecule has 2 aliphatic heterocycles. The first-order chi connectivity index (χ1) is 12.0. The van der Waals surface area contributed by atoms with Gasteiger partial charge < -0.3 is 14.5 Å². The molecule has 0 atom stereocenters. The van der Waals surface area contributed by atoms with Gasteiger partial charge in [0, 0.05) is 31.2 Å². The number of likely N-dealkylation sites (tertiary alicyclic amines) is 1. The van der Waals surface area contributed by atoms with Gasteiger partial charge in [0.2, 0.25) is 0 Å². The molecular formula is C20H31N3O2. The van der Waals surface area contributed by atoms with Crippen LogP contribution in [0.15, 0.2) is 12.1 Å². The number of rotatable bonds is 4. The van der Waals surface area contributed by atoms with E-state index in [-0.39, 0.29) is 5.91 Å². The third kappa shape index (κ3) is 4.59. The van der Waals surface area contributed by atoms with Gasteiger partial charge in [-0.2, -0.15) is 0 Å². The Morgan fingerprint density at radius 3 is 2.52 bits per heavy atom. The van der Waals surface area contributed by atoms with E-state index in [0.717, 1.165) is 49.4 Å². The van der Waals surface area contributed by atoms with Gasteiger partial charge in [-0.3, -0.25) is 9.78 Å². The highest BCUT2D eigenvalue weighted by atomic mass is 16.5. The van der Waals surface area contributed by atoms with Crippen molar-refractivity contribution in [1.29, 1.82) is 0 Å². The van der Waals surface area contributed by atoms with E-state index in [1.165, 1.54) is 0 Å². The van der Waals surface area contributed by atoms with Crippen LogP contribution in [0.3, 0.4) is 0 Å².